The van der Waals surface area contributed by atoms with E-state index in [9.17, 15) is 9.59 Å². The van der Waals surface area contributed by atoms with Gasteiger partial charge in [0.05, 0.1) is 5.69 Å². The Morgan fingerprint density at radius 2 is 1.66 bits per heavy atom. The molecule has 1 fully saturated rings. The Bertz CT molecular complexity index is 921. The first kappa shape index (κ1) is 19.6. The number of nitrogens with zero attached hydrogens (tertiary/aromatic N) is 4. The Labute approximate surface area is 171 Å². The minimum absolute atomic E-state index is 0.0470. The molecule has 2 aromatic rings. The molecule has 0 radical (unpaired) electrons. The second-order valence-electron chi connectivity index (χ2n) is 8.27. The number of amides is 2. The van der Waals surface area contributed by atoms with E-state index in [1.54, 1.807) is 0 Å². The molecule has 4 rings (SSSR count). The molecule has 0 bridgehead atoms. The number of anilines is 1. The summed E-state index contributed by atoms with van der Waals surface area (Å²) >= 11 is 0. The number of nitrogens with one attached hydrogen (secondary N) is 1. The zero-order valence-electron chi connectivity index (χ0n) is 17.5. The average molecular weight is 396 g/mol. The van der Waals surface area contributed by atoms with Crippen molar-refractivity contribution in [1.82, 2.24) is 19.4 Å². The molecule has 0 unspecified atom stereocenters. The molecule has 0 saturated carbocycles. The molecule has 154 valence electrons. The third-order valence-corrected chi connectivity index (χ3v) is 5.79. The third-order valence-electron chi connectivity index (χ3n) is 5.79. The van der Waals surface area contributed by atoms with Gasteiger partial charge in [0.25, 0.3) is 11.8 Å². The molecule has 1 aromatic carbocycles. The van der Waals surface area contributed by atoms with E-state index in [0.29, 0.717) is 24.6 Å². The number of rotatable bonds is 3. The summed E-state index contributed by atoms with van der Waals surface area (Å²) in [4.78, 5) is 34.9. The van der Waals surface area contributed by atoms with E-state index in [1.165, 1.54) is 0 Å². The maximum Gasteiger partial charge on any atom is 0.291 e. The van der Waals surface area contributed by atoms with Crippen molar-refractivity contribution >= 4 is 17.5 Å². The van der Waals surface area contributed by atoms with E-state index >= 15 is 0 Å². The van der Waals surface area contributed by atoms with Crippen molar-refractivity contribution in [2.24, 2.45) is 0 Å². The fourth-order valence-electron chi connectivity index (χ4n) is 4.28. The molecule has 0 spiro atoms. The predicted octanol–water partition coefficient (Wildman–Crippen LogP) is 2.48. The van der Waals surface area contributed by atoms with Crippen LogP contribution in [0.5, 0.6) is 0 Å². The first-order chi connectivity index (χ1) is 13.9. The number of imidazole rings is 1. The van der Waals surface area contributed by atoms with Crippen molar-refractivity contribution in [3.8, 4) is 0 Å². The lowest BCUT2D eigenvalue weighted by molar-refractivity contribution is 0.0657. The summed E-state index contributed by atoms with van der Waals surface area (Å²) in [6.07, 6.45) is 2.81. The van der Waals surface area contributed by atoms with Crippen LogP contribution in [-0.2, 0) is 13.0 Å². The van der Waals surface area contributed by atoms with E-state index in [2.05, 4.69) is 28.3 Å². The van der Waals surface area contributed by atoms with Crippen molar-refractivity contribution in [2.75, 3.05) is 38.5 Å². The third kappa shape index (κ3) is 4.05. The predicted molar refractivity (Wildman–Crippen MR) is 112 cm³/mol. The van der Waals surface area contributed by atoms with Crippen molar-refractivity contribution < 1.29 is 9.59 Å². The highest BCUT2D eigenvalue weighted by atomic mass is 16.2. The van der Waals surface area contributed by atoms with Crippen LogP contribution in [-0.4, -0.2) is 64.4 Å². The number of hydrogen-bond acceptors (Lipinski definition) is 4. The van der Waals surface area contributed by atoms with Crippen LogP contribution in [0, 0.1) is 13.8 Å². The summed E-state index contributed by atoms with van der Waals surface area (Å²) in [5, 5.41) is 2.97. The lowest BCUT2D eigenvalue weighted by Gasteiger charge is -2.32. The van der Waals surface area contributed by atoms with Crippen LogP contribution < -0.4 is 5.32 Å². The lowest BCUT2D eigenvalue weighted by Crippen LogP contribution is -2.47. The Morgan fingerprint density at radius 3 is 2.34 bits per heavy atom. The molecule has 7 heteroatoms. The summed E-state index contributed by atoms with van der Waals surface area (Å²) in [6.45, 7) is 7.87. The summed E-state index contributed by atoms with van der Waals surface area (Å²) in [5.41, 5.74) is 4.31. The number of piperazine rings is 1. The van der Waals surface area contributed by atoms with Crippen molar-refractivity contribution in [3.63, 3.8) is 0 Å². The maximum absolute atomic E-state index is 13.2. The number of aryl methyl sites for hydroxylation is 2. The number of carbonyl (C=O) groups is 2. The van der Waals surface area contributed by atoms with Crippen molar-refractivity contribution in [2.45, 2.75) is 39.7 Å². The Hall–Kier alpha value is -2.67. The molecule has 7 nitrogen and oxygen atoms in total. The summed E-state index contributed by atoms with van der Waals surface area (Å²) in [7, 11) is 2.07. The Balaban J connectivity index is 1.62. The highest BCUT2D eigenvalue weighted by Gasteiger charge is 2.31. The number of fused-ring (bicyclic) bond motifs is 1. The molecular weight excluding hydrogens is 366 g/mol. The normalized spacial score (nSPS) is 17.1. The fraction of sp³-hybridized carbons (Fsp3) is 0.500. The van der Waals surface area contributed by atoms with Crippen molar-refractivity contribution in [1.29, 1.82) is 0 Å². The topological polar surface area (TPSA) is 70.5 Å². The molecule has 1 N–H and O–H groups in total. The van der Waals surface area contributed by atoms with E-state index < -0.39 is 0 Å². The summed E-state index contributed by atoms with van der Waals surface area (Å²) in [5.74, 6) is 0.0427. The molecule has 3 heterocycles. The van der Waals surface area contributed by atoms with Crippen LogP contribution in [0.3, 0.4) is 0 Å². The van der Waals surface area contributed by atoms with Crippen LogP contribution in [0.2, 0.25) is 0 Å². The highest BCUT2D eigenvalue weighted by molar-refractivity contribution is 6.03. The van der Waals surface area contributed by atoms with Crippen LogP contribution in [0.1, 0.15) is 50.8 Å². The van der Waals surface area contributed by atoms with Gasteiger partial charge in [0, 0.05) is 38.4 Å². The standard InChI is InChI=1S/C22H29N5O2/c1-15-12-16(2)14-17(13-15)23-21(28)20-24-19(18-6-4-5-7-27(18)20)22(29)26-10-8-25(3)9-11-26/h12-14H,4-11H2,1-3H3,(H,23,28). The van der Waals surface area contributed by atoms with Gasteiger partial charge in [0.15, 0.2) is 5.82 Å². The van der Waals surface area contributed by atoms with E-state index in [1.807, 2.05) is 35.4 Å². The molecule has 29 heavy (non-hydrogen) atoms. The van der Waals surface area contributed by atoms with Gasteiger partial charge in [0.1, 0.15) is 5.69 Å². The van der Waals surface area contributed by atoms with Crippen LogP contribution >= 0.6 is 0 Å². The van der Waals surface area contributed by atoms with Gasteiger partial charge in [-0.05, 0) is 63.4 Å². The lowest BCUT2D eigenvalue weighted by atomic mass is 10.1. The maximum atomic E-state index is 13.2. The SMILES string of the molecule is Cc1cc(C)cc(NC(=O)c2nc(C(=O)N3CCN(C)CC3)c3n2CCCC3)c1. The first-order valence-electron chi connectivity index (χ1n) is 10.4. The van der Waals surface area contributed by atoms with Gasteiger partial charge < -0.3 is 19.7 Å². The molecule has 2 aliphatic rings. The van der Waals surface area contributed by atoms with E-state index in [4.69, 9.17) is 0 Å². The van der Waals surface area contributed by atoms with Gasteiger partial charge in [-0.25, -0.2) is 4.98 Å². The molecule has 2 aliphatic heterocycles. The van der Waals surface area contributed by atoms with Gasteiger partial charge in [0.2, 0.25) is 0 Å². The minimum atomic E-state index is -0.254. The Kier molecular flexibility index (Phi) is 5.41. The summed E-state index contributed by atoms with van der Waals surface area (Å²) < 4.78 is 1.95. The van der Waals surface area contributed by atoms with Gasteiger partial charge in [-0.3, -0.25) is 9.59 Å². The second kappa shape index (κ2) is 7.99. The minimum Gasteiger partial charge on any atom is -0.335 e. The quantitative estimate of drug-likeness (QED) is 0.867. The molecule has 2 amide bonds. The smallest absolute Gasteiger partial charge is 0.291 e. The monoisotopic (exact) mass is 395 g/mol. The second-order valence-corrected chi connectivity index (χ2v) is 8.27. The molecule has 1 saturated heterocycles. The van der Waals surface area contributed by atoms with Gasteiger partial charge >= 0.3 is 0 Å². The van der Waals surface area contributed by atoms with E-state index in [0.717, 1.165) is 61.4 Å². The number of carbonyl (C=O) groups excluding carboxylic acids is 2. The summed E-state index contributed by atoms with van der Waals surface area (Å²) in [6, 6.07) is 5.96. The highest BCUT2D eigenvalue weighted by Crippen LogP contribution is 2.24. The number of likely N-dealkylation sites (N-methyl/N-ethyl adjacent to an activating group) is 1. The zero-order valence-corrected chi connectivity index (χ0v) is 17.5. The number of hydrogen-bond donors (Lipinski definition) is 1. The molecule has 1 aromatic heterocycles. The molecule has 0 aliphatic carbocycles. The van der Waals surface area contributed by atoms with Crippen LogP contribution in [0.15, 0.2) is 18.2 Å². The molecular formula is C22H29N5O2. The van der Waals surface area contributed by atoms with E-state index in [-0.39, 0.29) is 11.8 Å². The average Bonchev–Trinajstić information content (AvgIpc) is 3.07. The van der Waals surface area contributed by atoms with Gasteiger partial charge in [-0.15, -0.1) is 0 Å². The van der Waals surface area contributed by atoms with Crippen LogP contribution in [0.4, 0.5) is 5.69 Å². The fourth-order valence-corrected chi connectivity index (χ4v) is 4.28. The first-order valence-corrected chi connectivity index (χ1v) is 10.4. The van der Waals surface area contributed by atoms with Crippen molar-refractivity contribution in [3.05, 3.63) is 46.5 Å². The van der Waals surface area contributed by atoms with Crippen LogP contribution in [0.25, 0.3) is 0 Å². The Morgan fingerprint density at radius 1 is 0.966 bits per heavy atom. The largest absolute Gasteiger partial charge is 0.335 e. The number of benzene rings is 1. The molecule has 0 atom stereocenters. The zero-order chi connectivity index (χ0) is 20.5. The van der Waals surface area contributed by atoms with Gasteiger partial charge in [-0.2, -0.15) is 0 Å². The van der Waals surface area contributed by atoms with Gasteiger partial charge in [-0.1, -0.05) is 6.07 Å². The number of aromatic nitrogens is 2.